The fourth-order valence-corrected chi connectivity index (χ4v) is 4.36. The Labute approximate surface area is 246 Å². The van der Waals surface area contributed by atoms with Crippen molar-refractivity contribution in [3.05, 3.63) is 78.6 Å². The monoisotopic (exact) mass is 586 g/mol. The van der Waals surface area contributed by atoms with Crippen LogP contribution in [-0.2, 0) is 5.60 Å². The zero-order valence-electron chi connectivity index (χ0n) is 23.9. The molecular formula is C30H30N6O7. The van der Waals surface area contributed by atoms with Gasteiger partial charge in [-0.2, -0.15) is 5.10 Å². The summed E-state index contributed by atoms with van der Waals surface area (Å²) in [6.45, 7) is 3.01. The van der Waals surface area contributed by atoms with Crippen LogP contribution in [0.5, 0.6) is 28.7 Å². The van der Waals surface area contributed by atoms with E-state index in [4.69, 9.17) is 18.9 Å². The van der Waals surface area contributed by atoms with Gasteiger partial charge in [0.25, 0.3) is 5.91 Å². The molecule has 43 heavy (non-hydrogen) atoms. The summed E-state index contributed by atoms with van der Waals surface area (Å²) in [7, 11) is 3.11. The fraction of sp³-hybridized carbons (Fsp3) is 0.233. The predicted octanol–water partition coefficient (Wildman–Crippen LogP) is 3.87. The van der Waals surface area contributed by atoms with E-state index in [1.54, 1.807) is 63.7 Å². The van der Waals surface area contributed by atoms with Crippen LogP contribution in [-0.4, -0.2) is 68.3 Å². The van der Waals surface area contributed by atoms with Crippen molar-refractivity contribution in [3.63, 3.8) is 0 Å². The molecule has 0 aliphatic carbocycles. The standard InChI is InChI=1S/C30H30N6O7/c1-5-42-26-16-36(22-15-31-10-8-20(22)30(2,39)17-37)35-28(26)29(38)34-27-7-6-18(14-33-27)43-23-9-11-32-21-13-25(41-4)24(40-3)12-19(21)23/h6-16,37,39H,5,17H2,1-4H3,(H,33,34,38). The smallest absolute Gasteiger partial charge is 0.281 e. The quantitative estimate of drug-likeness (QED) is 0.206. The van der Waals surface area contributed by atoms with Crippen LogP contribution in [0.25, 0.3) is 16.6 Å². The van der Waals surface area contributed by atoms with Crippen molar-refractivity contribution in [2.45, 2.75) is 19.4 Å². The van der Waals surface area contributed by atoms with Gasteiger partial charge in [0, 0.05) is 29.4 Å². The van der Waals surface area contributed by atoms with E-state index in [1.165, 1.54) is 36.4 Å². The lowest BCUT2D eigenvalue weighted by atomic mass is 9.96. The molecule has 1 atom stereocenters. The number of ether oxygens (including phenoxy) is 4. The van der Waals surface area contributed by atoms with Gasteiger partial charge in [-0.15, -0.1) is 0 Å². The third kappa shape index (κ3) is 6.03. The number of hydrogen-bond acceptors (Lipinski definition) is 11. The minimum absolute atomic E-state index is 0.00458. The van der Waals surface area contributed by atoms with E-state index < -0.39 is 18.1 Å². The first-order chi connectivity index (χ1) is 20.8. The van der Waals surface area contributed by atoms with Crippen molar-refractivity contribution in [3.8, 4) is 34.4 Å². The molecule has 4 aromatic heterocycles. The summed E-state index contributed by atoms with van der Waals surface area (Å²) in [6.07, 6.45) is 7.58. The van der Waals surface area contributed by atoms with Gasteiger partial charge < -0.3 is 34.5 Å². The first-order valence-corrected chi connectivity index (χ1v) is 13.2. The van der Waals surface area contributed by atoms with E-state index in [9.17, 15) is 15.0 Å². The molecule has 5 aromatic rings. The van der Waals surface area contributed by atoms with Crippen LogP contribution in [0.1, 0.15) is 29.9 Å². The lowest BCUT2D eigenvalue weighted by Crippen LogP contribution is -2.27. The van der Waals surface area contributed by atoms with Crippen LogP contribution < -0.4 is 24.3 Å². The summed E-state index contributed by atoms with van der Waals surface area (Å²) in [5.74, 6) is 1.96. The highest BCUT2D eigenvalue weighted by atomic mass is 16.5. The van der Waals surface area contributed by atoms with Gasteiger partial charge in [-0.3, -0.25) is 14.8 Å². The Morgan fingerprint density at radius 1 is 1.00 bits per heavy atom. The second-order valence-corrected chi connectivity index (χ2v) is 9.51. The maximum absolute atomic E-state index is 13.3. The average molecular weight is 587 g/mol. The molecule has 5 rings (SSSR count). The molecule has 0 fully saturated rings. The molecule has 1 aromatic carbocycles. The van der Waals surface area contributed by atoms with E-state index in [-0.39, 0.29) is 23.9 Å². The Hall–Kier alpha value is -5.27. The molecule has 13 heteroatoms. The van der Waals surface area contributed by atoms with Gasteiger partial charge in [0.1, 0.15) is 22.9 Å². The molecular weight excluding hydrogens is 556 g/mol. The van der Waals surface area contributed by atoms with Gasteiger partial charge in [-0.05, 0) is 44.2 Å². The van der Waals surface area contributed by atoms with Crippen LogP contribution in [0.15, 0.2) is 67.4 Å². The summed E-state index contributed by atoms with van der Waals surface area (Å²) in [5, 5.41) is 28.2. The zero-order valence-corrected chi connectivity index (χ0v) is 23.9. The molecule has 0 bridgehead atoms. The van der Waals surface area contributed by atoms with Crippen molar-refractivity contribution < 1.29 is 34.0 Å². The van der Waals surface area contributed by atoms with Gasteiger partial charge in [-0.1, -0.05) is 0 Å². The number of rotatable bonds is 11. The van der Waals surface area contributed by atoms with Crippen molar-refractivity contribution >= 4 is 22.6 Å². The number of carbonyl (C=O) groups is 1. The summed E-state index contributed by atoms with van der Waals surface area (Å²) >= 11 is 0. The molecule has 1 unspecified atom stereocenters. The number of aliphatic hydroxyl groups is 2. The summed E-state index contributed by atoms with van der Waals surface area (Å²) < 4.78 is 23.9. The lowest BCUT2D eigenvalue weighted by Gasteiger charge is -2.23. The van der Waals surface area contributed by atoms with E-state index in [0.29, 0.717) is 45.2 Å². The van der Waals surface area contributed by atoms with Crippen molar-refractivity contribution in [2.24, 2.45) is 0 Å². The number of methoxy groups -OCH3 is 2. The van der Waals surface area contributed by atoms with Crippen LogP contribution in [0.2, 0.25) is 0 Å². The predicted molar refractivity (Wildman–Crippen MR) is 156 cm³/mol. The number of aliphatic hydroxyl groups excluding tert-OH is 1. The topological polar surface area (TPSA) is 163 Å². The first-order valence-electron chi connectivity index (χ1n) is 13.2. The Morgan fingerprint density at radius 3 is 2.49 bits per heavy atom. The van der Waals surface area contributed by atoms with E-state index in [0.717, 1.165) is 0 Å². The Balaban J connectivity index is 1.37. The third-order valence-electron chi connectivity index (χ3n) is 6.54. The van der Waals surface area contributed by atoms with Crippen LogP contribution >= 0.6 is 0 Å². The third-order valence-corrected chi connectivity index (χ3v) is 6.54. The SMILES string of the molecule is CCOc1cn(-c2cnccc2C(C)(O)CO)nc1C(=O)Nc1ccc(Oc2ccnc3cc(OC)c(OC)cc23)cn1. The minimum Gasteiger partial charge on any atom is -0.493 e. The maximum atomic E-state index is 13.3. The van der Waals surface area contributed by atoms with E-state index in [2.05, 4.69) is 25.4 Å². The number of pyridine rings is 3. The van der Waals surface area contributed by atoms with Crippen molar-refractivity contribution in [1.29, 1.82) is 0 Å². The number of fused-ring (bicyclic) bond motifs is 1. The van der Waals surface area contributed by atoms with Crippen molar-refractivity contribution in [2.75, 3.05) is 32.8 Å². The minimum atomic E-state index is -1.56. The summed E-state index contributed by atoms with van der Waals surface area (Å²) in [4.78, 5) is 26.1. The molecule has 0 radical (unpaired) electrons. The Kier molecular flexibility index (Phi) is 8.36. The molecule has 0 saturated heterocycles. The lowest BCUT2D eigenvalue weighted by molar-refractivity contribution is -0.00242. The molecule has 1 amide bonds. The fourth-order valence-electron chi connectivity index (χ4n) is 4.36. The largest absolute Gasteiger partial charge is 0.493 e. The number of nitrogens with zero attached hydrogens (tertiary/aromatic N) is 5. The van der Waals surface area contributed by atoms with Crippen LogP contribution in [0, 0.1) is 0 Å². The van der Waals surface area contributed by atoms with Crippen LogP contribution in [0.4, 0.5) is 5.82 Å². The van der Waals surface area contributed by atoms with Crippen LogP contribution in [0.3, 0.4) is 0 Å². The molecule has 222 valence electrons. The maximum Gasteiger partial charge on any atom is 0.281 e. The number of anilines is 1. The highest BCUT2D eigenvalue weighted by Crippen LogP contribution is 2.37. The second-order valence-electron chi connectivity index (χ2n) is 9.51. The summed E-state index contributed by atoms with van der Waals surface area (Å²) in [5.41, 5.74) is -0.154. The number of nitrogens with one attached hydrogen (secondary N) is 1. The van der Waals surface area contributed by atoms with Crippen molar-refractivity contribution in [1.82, 2.24) is 24.7 Å². The molecule has 13 nitrogen and oxygen atoms in total. The highest BCUT2D eigenvalue weighted by molar-refractivity contribution is 6.04. The summed E-state index contributed by atoms with van der Waals surface area (Å²) in [6, 6.07) is 10.1. The normalized spacial score (nSPS) is 12.4. The Morgan fingerprint density at radius 2 is 1.79 bits per heavy atom. The molecule has 0 spiro atoms. The van der Waals surface area contributed by atoms with E-state index >= 15 is 0 Å². The molecule has 4 heterocycles. The highest BCUT2D eigenvalue weighted by Gasteiger charge is 2.28. The molecule has 0 aliphatic rings. The second kappa shape index (κ2) is 12.3. The molecule has 0 aliphatic heterocycles. The Bertz CT molecular complexity index is 1750. The number of hydrogen-bond donors (Lipinski definition) is 3. The van der Waals surface area contributed by atoms with E-state index in [1.807, 2.05) is 0 Å². The van der Waals surface area contributed by atoms with Gasteiger partial charge >= 0.3 is 0 Å². The first kappa shape index (κ1) is 29.2. The van der Waals surface area contributed by atoms with Gasteiger partial charge in [0.2, 0.25) is 0 Å². The van der Waals surface area contributed by atoms with Gasteiger partial charge in [-0.25, -0.2) is 9.67 Å². The average Bonchev–Trinajstić information content (AvgIpc) is 3.45. The van der Waals surface area contributed by atoms with Gasteiger partial charge in [0.05, 0.1) is 57.2 Å². The zero-order chi connectivity index (χ0) is 30.6. The number of carbonyl (C=O) groups excluding carboxylic acids is 1. The number of amides is 1. The molecule has 3 N–H and O–H groups in total. The molecule has 0 saturated carbocycles. The number of aromatic nitrogens is 5. The number of benzene rings is 1. The van der Waals surface area contributed by atoms with Gasteiger partial charge in [0.15, 0.2) is 22.9 Å².